The number of rotatable bonds is 1. The zero-order valence-corrected chi connectivity index (χ0v) is 7.96. The Morgan fingerprint density at radius 1 is 1.07 bits per heavy atom. The van der Waals surface area contributed by atoms with Crippen LogP contribution in [0.5, 0.6) is 0 Å². The Morgan fingerprint density at radius 3 is 2.13 bits per heavy atom. The Bertz CT molecular complexity index is 537. The molecular weight excluding hydrogens is 227 g/mol. The molecule has 0 unspecified atom stereocenters. The van der Waals surface area contributed by atoms with E-state index in [1.807, 2.05) is 0 Å². The van der Waals surface area contributed by atoms with Gasteiger partial charge in [0.05, 0.1) is 5.56 Å². The quantitative estimate of drug-likeness (QED) is 0.741. The van der Waals surface area contributed by atoms with Crippen LogP contribution in [0.1, 0.15) is 0 Å². The summed E-state index contributed by atoms with van der Waals surface area (Å²) in [5.74, 6) is -3.16. The van der Waals surface area contributed by atoms with Crippen LogP contribution in [-0.2, 0) is 0 Å². The fraction of sp³-hybridized carbons (Fsp3) is 0. The van der Waals surface area contributed by atoms with Crippen molar-refractivity contribution in [3.8, 4) is 11.4 Å². The first-order valence-corrected chi connectivity index (χ1v) is 4.28. The Labute approximate surface area is 87.0 Å². The number of aromatic amines is 2. The lowest BCUT2D eigenvalue weighted by atomic mass is 10.2. The van der Waals surface area contributed by atoms with Crippen molar-refractivity contribution in [2.75, 3.05) is 0 Å². The molecule has 3 nitrogen and oxygen atoms in total. The van der Waals surface area contributed by atoms with Crippen LogP contribution < -0.4 is 0 Å². The van der Waals surface area contributed by atoms with Gasteiger partial charge in [-0.2, -0.15) is 4.98 Å². The van der Waals surface area contributed by atoms with Gasteiger partial charge < -0.3 is 0 Å². The number of hydrogen-bond donors (Lipinski definition) is 2. The molecule has 0 saturated carbocycles. The van der Waals surface area contributed by atoms with Crippen LogP contribution in [0.3, 0.4) is 0 Å². The third-order valence-corrected chi connectivity index (χ3v) is 1.94. The molecule has 15 heavy (non-hydrogen) atoms. The van der Waals surface area contributed by atoms with Gasteiger partial charge in [-0.25, -0.2) is 13.2 Å². The van der Waals surface area contributed by atoms with E-state index in [1.54, 1.807) is 0 Å². The third kappa shape index (κ3) is 1.78. The lowest BCUT2D eigenvalue weighted by Gasteiger charge is -2.00. The molecular formula is C8H4F3N3S. The highest BCUT2D eigenvalue weighted by atomic mass is 32.1. The maximum atomic E-state index is 13.2. The molecule has 1 aromatic carbocycles. The average Bonchev–Trinajstić information content (AvgIpc) is 2.49. The van der Waals surface area contributed by atoms with E-state index < -0.39 is 23.0 Å². The number of benzene rings is 1. The second kappa shape index (κ2) is 3.50. The van der Waals surface area contributed by atoms with Crippen LogP contribution in [0, 0.1) is 22.2 Å². The van der Waals surface area contributed by atoms with Crippen molar-refractivity contribution in [2.24, 2.45) is 0 Å². The van der Waals surface area contributed by atoms with E-state index in [9.17, 15) is 13.2 Å². The highest BCUT2D eigenvalue weighted by molar-refractivity contribution is 7.71. The summed E-state index contributed by atoms with van der Waals surface area (Å²) >= 11 is 4.63. The summed E-state index contributed by atoms with van der Waals surface area (Å²) in [6, 6.07) is 1.15. The predicted octanol–water partition coefficient (Wildman–Crippen LogP) is 2.55. The molecule has 0 fully saturated rings. The molecule has 1 aromatic heterocycles. The summed E-state index contributed by atoms with van der Waals surface area (Å²) < 4.78 is 39.1. The van der Waals surface area contributed by atoms with Gasteiger partial charge in [-0.05, 0) is 12.2 Å². The standard InChI is InChI=1S/C8H4F3N3S/c9-3-1-4(10)6(5(11)2-3)7-12-8(15)14-13-7/h1-2H,(H2,12,13,14,15). The Kier molecular flexibility index (Phi) is 2.31. The highest BCUT2D eigenvalue weighted by Gasteiger charge is 2.15. The minimum Gasteiger partial charge on any atom is -0.281 e. The van der Waals surface area contributed by atoms with Gasteiger partial charge in [0.15, 0.2) is 5.82 Å². The van der Waals surface area contributed by atoms with Gasteiger partial charge >= 0.3 is 0 Å². The normalized spacial score (nSPS) is 10.6. The van der Waals surface area contributed by atoms with E-state index in [0.717, 1.165) is 0 Å². The molecule has 0 radical (unpaired) electrons. The van der Waals surface area contributed by atoms with E-state index in [2.05, 4.69) is 27.4 Å². The molecule has 0 bridgehead atoms. The van der Waals surface area contributed by atoms with Gasteiger partial charge in [0.25, 0.3) is 0 Å². The van der Waals surface area contributed by atoms with Gasteiger partial charge in [-0.1, -0.05) is 0 Å². The second-order valence-corrected chi connectivity index (χ2v) is 3.15. The maximum Gasteiger partial charge on any atom is 0.213 e. The molecule has 0 spiro atoms. The van der Waals surface area contributed by atoms with Crippen LogP contribution in [0.4, 0.5) is 13.2 Å². The van der Waals surface area contributed by atoms with Gasteiger partial charge in [-0.3, -0.25) is 10.2 Å². The Morgan fingerprint density at radius 2 is 1.67 bits per heavy atom. The smallest absolute Gasteiger partial charge is 0.213 e. The molecule has 0 aliphatic carbocycles. The van der Waals surface area contributed by atoms with Crippen LogP contribution in [0.25, 0.3) is 11.4 Å². The van der Waals surface area contributed by atoms with Gasteiger partial charge in [0.2, 0.25) is 4.77 Å². The van der Waals surface area contributed by atoms with Crippen molar-refractivity contribution in [3.05, 3.63) is 34.4 Å². The summed E-state index contributed by atoms with van der Waals surface area (Å²) in [5, 5.41) is 4.77. The molecule has 2 rings (SSSR count). The SMILES string of the molecule is Fc1cc(F)c(-c2nc(=S)[nH][nH]2)c(F)c1. The molecule has 1 heterocycles. The number of nitrogens with zero attached hydrogens (tertiary/aromatic N) is 1. The van der Waals surface area contributed by atoms with Crippen LogP contribution in [0.2, 0.25) is 0 Å². The number of H-pyrrole nitrogens is 2. The minimum atomic E-state index is -1.04. The first kappa shape index (κ1) is 9.91. The molecule has 2 N–H and O–H groups in total. The van der Waals surface area contributed by atoms with Gasteiger partial charge in [0, 0.05) is 12.1 Å². The number of nitrogens with one attached hydrogen (secondary N) is 2. The number of hydrogen-bond acceptors (Lipinski definition) is 2. The fourth-order valence-corrected chi connectivity index (χ4v) is 1.30. The largest absolute Gasteiger partial charge is 0.281 e. The van der Waals surface area contributed by atoms with Gasteiger partial charge in [-0.15, -0.1) is 0 Å². The van der Waals surface area contributed by atoms with Crippen molar-refractivity contribution in [3.63, 3.8) is 0 Å². The summed E-state index contributed by atoms with van der Waals surface area (Å²) in [4.78, 5) is 3.63. The van der Waals surface area contributed by atoms with Crippen molar-refractivity contribution in [1.82, 2.24) is 15.2 Å². The maximum absolute atomic E-state index is 13.2. The zero-order valence-electron chi connectivity index (χ0n) is 7.14. The predicted molar refractivity (Wildman–Crippen MR) is 49.1 cm³/mol. The topological polar surface area (TPSA) is 44.5 Å². The molecule has 78 valence electrons. The Balaban J connectivity index is 2.67. The van der Waals surface area contributed by atoms with Gasteiger partial charge in [0.1, 0.15) is 17.5 Å². The third-order valence-electron chi connectivity index (χ3n) is 1.74. The number of aromatic nitrogens is 3. The molecule has 0 aliphatic rings. The summed E-state index contributed by atoms with van der Waals surface area (Å²) in [5.41, 5.74) is -0.441. The molecule has 0 aliphatic heterocycles. The van der Waals surface area contributed by atoms with E-state index in [4.69, 9.17) is 0 Å². The van der Waals surface area contributed by atoms with E-state index in [1.165, 1.54) is 0 Å². The molecule has 0 atom stereocenters. The Hall–Kier alpha value is -1.63. The summed E-state index contributed by atoms with van der Waals surface area (Å²) in [7, 11) is 0. The van der Waals surface area contributed by atoms with Crippen LogP contribution in [0.15, 0.2) is 12.1 Å². The lowest BCUT2D eigenvalue weighted by Crippen LogP contribution is -1.93. The molecule has 2 aromatic rings. The number of halogens is 3. The van der Waals surface area contributed by atoms with Crippen LogP contribution >= 0.6 is 12.2 Å². The monoisotopic (exact) mass is 231 g/mol. The van der Waals surface area contributed by atoms with E-state index in [0.29, 0.717) is 12.1 Å². The first-order chi connectivity index (χ1) is 7.08. The molecule has 7 heteroatoms. The molecule has 0 saturated heterocycles. The van der Waals surface area contributed by atoms with E-state index in [-0.39, 0.29) is 10.6 Å². The minimum absolute atomic E-state index is 0.0631. The molecule has 0 amide bonds. The first-order valence-electron chi connectivity index (χ1n) is 3.87. The van der Waals surface area contributed by atoms with Crippen molar-refractivity contribution in [1.29, 1.82) is 0 Å². The van der Waals surface area contributed by atoms with E-state index >= 15 is 0 Å². The lowest BCUT2D eigenvalue weighted by molar-refractivity contribution is 0.547. The fourth-order valence-electron chi connectivity index (χ4n) is 1.16. The highest BCUT2D eigenvalue weighted by Crippen LogP contribution is 2.23. The summed E-state index contributed by atoms with van der Waals surface area (Å²) in [6.07, 6.45) is 0. The zero-order chi connectivity index (χ0) is 11.0. The van der Waals surface area contributed by atoms with Crippen molar-refractivity contribution >= 4 is 12.2 Å². The van der Waals surface area contributed by atoms with Crippen molar-refractivity contribution < 1.29 is 13.2 Å². The summed E-state index contributed by atoms with van der Waals surface area (Å²) in [6.45, 7) is 0. The average molecular weight is 231 g/mol. The van der Waals surface area contributed by atoms with Crippen molar-refractivity contribution in [2.45, 2.75) is 0 Å². The second-order valence-electron chi connectivity index (χ2n) is 2.76. The van der Waals surface area contributed by atoms with Crippen LogP contribution in [-0.4, -0.2) is 15.2 Å².